The van der Waals surface area contributed by atoms with Gasteiger partial charge in [0, 0.05) is 25.0 Å². The van der Waals surface area contributed by atoms with Crippen LogP contribution in [0.25, 0.3) is 0 Å². The second kappa shape index (κ2) is 15.8. The van der Waals surface area contributed by atoms with Crippen molar-refractivity contribution in [3.05, 3.63) is 24.3 Å². The van der Waals surface area contributed by atoms with Gasteiger partial charge in [-0.1, -0.05) is 59.8 Å². The van der Waals surface area contributed by atoms with Crippen molar-refractivity contribution in [2.45, 2.75) is 135 Å². The van der Waals surface area contributed by atoms with Crippen LogP contribution in [0.5, 0.6) is 0 Å². The molecule has 2 heterocycles. The quantitative estimate of drug-likeness (QED) is 0.230. The van der Waals surface area contributed by atoms with Gasteiger partial charge < -0.3 is 26.2 Å². The van der Waals surface area contributed by atoms with E-state index in [0.29, 0.717) is 19.4 Å². The van der Waals surface area contributed by atoms with Crippen LogP contribution in [0.15, 0.2) is 18.6 Å². The summed E-state index contributed by atoms with van der Waals surface area (Å²) in [6.07, 6.45) is 13.9. The predicted octanol–water partition coefficient (Wildman–Crippen LogP) is 2.45. The topological polar surface area (TPSA) is 180 Å². The van der Waals surface area contributed by atoms with E-state index >= 15 is 0 Å². The van der Waals surface area contributed by atoms with Gasteiger partial charge >= 0.3 is 0 Å². The summed E-state index contributed by atoms with van der Waals surface area (Å²) in [6, 6.07) is -3.68. The molecular formula is C36H53N7O6. The SMILES string of the molecule is CCC[C@@H](NC(=O)[C@H]1[C@H]2CCC[C@@H]2CN1C(=O)[C@H](NC(=O)[C@@H](NC(=O)c1cnccn1)C1CCCCC1)C(C)(C)C)C(=O)C(=O)NC1CC1. The van der Waals surface area contributed by atoms with E-state index < -0.39 is 59.0 Å². The van der Waals surface area contributed by atoms with E-state index in [-0.39, 0.29) is 35.4 Å². The summed E-state index contributed by atoms with van der Waals surface area (Å²) < 4.78 is 0. The summed E-state index contributed by atoms with van der Waals surface area (Å²) in [5.41, 5.74) is -0.638. The molecule has 4 fully saturated rings. The number of likely N-dealkylation sites (tertiary alicyclic amines) is 1. The fourth-order valence-electron chi connectivity index (χ4n) is 7.87. The summed E-state index contributed by atoms with van der Waals surface area (Å²) in [6.45, 7) is 7.85. The van der Waals surface area contributed by atoms with Gasteiger partial charge in [-0.05, 0) is 68.1 Å². The maximum atomic E-state index is 14.6. The van der Waals surface area contributed by atoms with E-state index in [1.54, 1.807) is 4.90 Å². The van der Waals surface area contributed by atoms with E-state index in [4.69, 9.17) is 0 Å². The van der Waals surface area contributed by atoms with Crippen molar-refractivity contribution in [1.29, 1.82) is 0 Å². The molecule has 49 heavy (non-hydrogen) atoms. The number of hydrogen-bond donors (Lipinski definition) is 4. The van der Waals surface area contributed by atoms with Gasteiger partial charge in [0.25, 0.3) is 11.8 Å². The normalized spacial score (nSPS) is 24.2. The average Bonchev–Trinajstić information content (AvgIpc) is 3.65. The zero-order valence-electron chi connectivity index (χ0n) is 29.3. The number of Topliss-reactive ketones (excluding diaryl/α,β-unsaturated/α-hetero) is 1. The lowest BCUT2D eigenvalue weighted by Gasteiger charge is -2.38. The molecule has 1 saturated heterocycles. The largest absolute Gasteiger partial charge is 0.347 e. The van der Waals surface area contributed by atoms with Crippen LogP contribution in [0.4, 0.5) is 0 Å². The summed E-state index contributed by atoms with van der Waals surface area (Å²) in [5.74, 6) is -3.20. The summed E-state index contributed by atoms with van der Waals surface area (Å²) in [5, 5.41) is 11.5. The number of aromatic nitrogens is 2. The van der Waals surface area contributed by atoms with Crippen molar-refractivity contribution in [1.82, 2.24) is 36.1 Å². The maximum absolute atomic E-state index is 14.6. The molecule has 5 amide bonds. The van der Waals surface area contributed by atoms with Gasteiger partial charge in [0.15, 0.2) is 0 Å². The first-order valence-electron chi connectivity index (χ1n) is 18.2. The van der Waals surface area contributed by atoms with Crippen LogP contribution in [0.1, 0.15) is 115 Å². The molecule has 13 heteroatoms. The second-order valence-electron chi connectivity index (χ2n) is 15.5. The molecule has 0 spiro atoms. The fourth-order valence-corrected chi connectivity index (χ4v) is 7.87. The Bertz CT molecular complexity index is 1390. The highest BCUT2D eigenvalue weighted by atomic mass is 16.2. The number of ketones is 1. The molecule has 0 radical (unpaired) electrons. The van der Waals surface area contributed by atoms with Gasteiger partial charge in [0.05, 0.1) is 12.2 Å². The Balaban J connectivity index is 1.36. The number of hydrogen-bond acceptors (Lipinski definition) is 8. The Morgan fingerprint density at radius 2 is 1.63 bits per heavy atom. The monoisotopic (exact) mass is 679 g/mol. The van der Waals surface area contributed by atoms with E-state index in [1.165, 1.54) is 18.6 Å². The third-order valence-electron chi connectivity index (χ3n) is 10.7. The summed E-state index contributed by atoms with van der Waals surface area (Å²) in [4.78, 5) is 91.4. The highest BCUT2D eigenvalue weighted by molar-refractivity contribution is 6.38. The van der Waals surface area contributed by atoms with E-state index in [9.17, 15) is 28.8 Å². The third kappa shape index (κ3) is 8.83. The molecule has 0 bridgehead atoms. The fraction of sp³-hybridized carbons (Fsp3) is 0.722. The lowest BCUT2D eigenvalue weighted by atomic mass is 9.82. The molecule has 4 N–H and O–H groups in total. The van der Waals surface area contributed by atoms with Crippen LogP contribution in [-0.4, -0.2) is 86.9 Å². The molecule has 1 aromatic rings. The zero-order valence-corrected chi connectivity index (χ0v) is 29.3. The molecule has 1 aromatic heterocycles. The lowest BCUT2D eigenvalue weighted by molar-refractivity contribution is -0.146. The molecular weight excluding hydrogens is 626 g/mol. The molecule has 4 aliphatic rings. The molecule has 13 nitrogen and oxygen atoms in total. The molecule has 6 atom stereocenters. The third-order valence-corrected chi connectivity index (χ3v) is 10.7. The number of nitrogens with zero attached hydrogens (tertiary/aromatic N) is 3. The van der Waals surface area contributed by atoms with Gasteiger partial charge in [-0.15, -0.1) is 0 Å². The van der Waals surface area contributed by atoms with Crippen molar-refractivity contribution in [3.63, 3.8) is 0 Å². The summed E-state index contributed by atoms with van der Waals surface area (Å²) >= 11 is 0. The minimum atomic E-state index is -0.994. The predicted molar refractivity (Wildman–Crippen MR) is 181 cm³/mol. The maximum Gasteiger partial charge on any atom is 0.289 e. The van der Waals surface area contributed by atoms with Crippen LogP contribution in [-0.2, 0) is 24.0 Å². The highest BCUT2D eigenvalue weighted by Gasteiger charge is 2.52. The Hall–Kier alpha value is -3.90. The Morgan fingerprint density at radius 3 is 2.27 bits per heavy atom. The van der Waals surface area contributed by atoms with Crippen LogP contribution in [0, 0.1) is 23.2 Å². The highest BCUT2D eigenvalue weighted by Crippen LogP contribution is 2.43. The van der Waals surface area contributed by atoms with Crippen LogP contribution >= 0.6 is 0 Å². The van der Waals surface area contributed by atoms with E-state index in [2.05, 4.69) is 31.2 Å². The Kier molecular flexibility index (Phi) is 11.7. The number of carbonyl (C=O) groups is 6. The standard InChI is InChI=1S/C36H53N7O6/c1-5-10-25(29(44)34(48)39-23-15-16-23)40-33(47)28-24-14-9-13-22(24)20-43(28)35(49)30(36(2,3)4)42-32(46)27(21-11-7-6-8-12-21)41-31(45)26-19-37-17-18-38-26/h17-19,21-25,27-28,30H,5-16,20H2,1-4H3,(H,39,48)(H,40,47)(H,41,45)(H,42,46)/t22-,24+,25-,27+,28-,30+/m1/s1. The number of rotatable bonds is 13. The van der Waals surface area contributed by atoms with Crippen molar-refractivity contribution in [2.75, 3.05) is 6.54 Å². The Labute approximate surface area is 288 Å². The van der Waals surface area contributed by atoms with Gasteiger partial charge in [-0.3, -0.25) is 33.8 Å². The number of carbonyl (C=O) groups excluding carboxylic acids is 6. The Morgan fingerprint density at radius 1 is 0.898 bits per heavy atom. The van der Waals surface area contributed by atoms with E-state index in [1.807, 2.05) is 27.7 Å². The smallest absolute Gasteiger partial charge is 0.289 e. The average molecular weight is 680 g/mol. The van der Waals surface area contributed by atoms with Crippen LogP contribution in [0.2, 0.25) is 0 Å². The van der Waals surface area contributed by atoms with Gasteiger partial charge in [0.1, 0.15) is 23.8 Å². The first kappa shape index (κ1) is 36.4. The van der Waals surface area contributed by atoms with Gasteiger partial charge in [-0.25, -0.2) is 4.98 Å². The number of amides is 5. The van der Waals surface area contributed by atoms with Crippen LogP contribution in [0.3, 0.4) is 0 Å². The van der Waals surface area contributed by atoms with Crippen molar-refractivity contribution < 1.29 is 28.8 Å². The lowest BCUT2D eigenvalue weighted by Crippen LogP contribution is -2.62. The molecule has 5 rings (SSSR count). The molecule has 3 saturated carbocycles. The molecule has 0 unspecified atom stereocenters. The number of fused-ring (bicyclic) bond motifs is 1. The van der Waals surface area contributed by atoms with Gasteiger partial charge in [0.2, 0.25) is 23.5 Å². The first-order valence-corrected chi connectivity index (χ1v) is 18.2. The van der Waals surface area contributed by atoms with E-state index in [0.717, 1.165) is 64.2 Å². The van der Waals surface area contributed by atoms with Crippen molar-refractivity contribution in [2.24, 2.45) is 23.2 Å². The molecule has 0 aromatic carbocycles. The summed E-state index contributed by atoms with van der Waals surface area (Å²) in [7, 11) is 0. The van der Waals surface area contributed by atoms with Crippen molar-refractivity contribution >= 4 is 35.3 Å². The minimum absolute atomic E-state index is 0.0132. The minimum Gasteiger partial charge on any atom is -0.347 e. The number of nitrogens with one attached hydrogen (secondary N) is 4. The zero-order chi connectivity index (χ0) is 35.3. The second-order valence-corrected chi connectivity index (χ2v) is 15.5. The molecule has 1 aliphatic heterocycles. The first-order chi connectivity index (χ1) is 23.4. The van der Waals surface area contributed by atoms with Gasteiger partial charge in [-0.2, -0.15) is 0 Å². The van der Waals surface area contributed by atoms with Crippen molar-refractivity contribution in [3.8, 4) is 0 Å². The van der Waals surface area contributed by atoms with Crippen LogP contribution < -0.4 is 21.3 Å². The molecule has 3 aliphatic carbocycles. The molecule has 268 valence electrons.